The molecule has 0 radical (unpaired) electrons. The van der Waals surface area contributed by atoms with Crippen LogP contribution in [0.1, 0.15) is 11.1 Å². The van der Waals surface area contributed by atoms with Crippen LogP contribution in [0.25, 0.3) is 0 Å². The molecule has 0 saturated carbocycles. The number of benzene rings is 1. The van der Waals surface area contributed by atoms with E-state index in [1.54, 1.807) is 13.0 Å². The molecule has 0 fully saturated rings. The van der Waals surface area contributed by atoms with Crippen molar-refractivity contribution in [3.05, 3.63) is 41.4 Å². The van der Waals surface area contributed by atoms with Crippen molar-refractivity contribution in [2.45, 2.75) is 13.8 Å². The maximum Gasteiger partial charge on any atom is 1.00 e. The van der Waals surface area contributed by atoms with Gasteiger partial charge in [-0.1, -0.05) is 12.1 Å². The monoisotopic (exact) mass is 268 g/mol. The standard InChI is InChI=1S/C11H13BF3O.K/c1-8-4-5-9(2)11(6-8)16-7-10(3)12(13,14)15;/h4-6H,3,7H2,1-2H3;/q-1;+1. The Kier molecular flexibility index (Phi) is 7.10. The van der Waals surface area contributed by atoms with Gasteiger partial charge in [-0.05, 0) is 31.0 Å². The maximum absolute atomic E-state index is 12.2. The zero-order valence-electron chi connectivity index (χ0n) is 10.3. The van der Waals surface area contributed by atoms with Crippen molar-refractivity contribution < 1.29 is 69.1 Å². The van der Waals surface area contributed by atoms with Crippen LogP contribution in [0.5, 0.6) is 5.75 Å². The third kappa shape index (κ3) is 5.61. The van der Waals surface area contributed by atoms with Gasteiger partial charge in [0.25, 0.3) is 0 Å². The Bertz CT molecular complexity index is 404. The second-order valence-electron chi connectivity index (χ2n) is 3.79. The minimum absolute atomic E-state index is 0. The average molecular weight is 268 g/mol. The Morgan fingerprint density at radius 1 is 1.29 bits per heavy atom. The normalized spacial score (nSPS) is 10.6. The van der Waals surface area contributed by atoms with Crippen molar-refractivity contribution in [1.29, 1.82) is 0 Å². The molecule has 0 bridgehead atoms. The first-order valence-corrected chi connectivity index (χ1v) is 4.88. The van der Waals surface area contributed by atoms with Crippen molar-refractivity contribution in [3.8, 4) is 5.75 Å². The van der Waals surface area contributed by atoms with Gasteiger partial charge in [-0.2, -0.15) is 0 Å². The van der Waals surface area contributed by atoms with Gasteiger partial charge in [-0.3, -0.25) is 0 Å². The van der Waals surface area contributed by atoms with Gasteiger partial charge in [0.05, 0.1) is 6.61 Å². The van der Waals surface area contributed by atoms with Crippen LogP contribution in [-0.4, -0.2) is 13.6 Å². The Hall–Kier alpha value is 0.251. The van der Waals surface area contributed by atoms with Gasteiger partial charge in [0.15, 0.2) is 0 Å². The molecule has 0 saturated heterocycles. The Balaban J connectivity index is 0.00000256. The van der Waals surface area contributed by atoms with E-state index in [-0.39, 0.29) is 51.4 Å². The molecule has 0 aliphatic carbocycles. The first kappa shape index (κ1) is 17.3. The molecule has 0 aliphatic heterocycles. The second kappa shape index (κ2) is 6.99. The molecule has 17 heavy (non-hydrogen) atoms. The molecule has 0 atom stereocenters. The first-order chi connectivity index (χ1) is 7.30. The molecule has 0 aromatic heterocycles. The van der Waals surface area contributed by atoms with Gasteiger partial charge in [0.2, 0.25) is 0 Å². The number of hydrogen-bond acceptors (Lipinski definition) is 1. The summed E-state index contributed by atoms with van der Waals surface area (Å²) in [5.74, 6) is 0.473. The van der Waals surface area contributed by atoms with Gasteiger partial charge in [0, 0.05) is 0 Å². The van der Waals surface area contributed by atoms with E-state index in [1.165, 1.54) is 0 Å². The molecule has 1 rings (SSSR count). The van der Waals surface area contributed by atoms with Gasteiger partial charge >= 0.3 is 58.4 Å². The summed E-state index contributed by atoms with van der Waals surface area (Å²) in [5.41, 5.74) is 0.942. The van der Waals surface area contributed by atoms with E-state index in [4.69, 9.17) is 4.74 Å². The fourth-order valence-electron chi connectivity index (χ4n) is 1.13. The summed E-state index contributed by atoms with van der Waals surface area (Å²) in [7, 11) is 0. The largest absolute Gasteiger partial charge is 1.00 e. The molecule has 1 nitrogen and oxygen atoms in total. The fourth-order valence-corrected chi connectivity index (χ4v) is 1.13. The smallest absolute Gasteiger partial charge is 0.492 e. The molecule has 88 valence electrons. The molecular formula is C11H13BF3KO. The molecule has 6 heteroatoms. The van der Waals surface area contributed by atoms with Crippen LogP contribution in [0.2, 0.25) is 0 Å². The summed E-state index contributed by atoms with van der Waals surface area (Å²) in [6.45, 7) is 1.10. The van der Waals surface area contributed by atoms with Crippen molar-refractivity contribution >= 4 is 6.98 Å². The van der Waals surface area contributed by atoms with Crippen molar-refractivity contribution in [2.75, 3.05) is 6.61 Å². The fraction of sp³-hybridized carbons (Fsp3) is 0.273. The van der Waals surface area contributed by atoms with E-state index in [0.29, 0.717) is 5.75 Å². The second-order valence-corrected chi connectivity index (χ2v) is 3.79. The molecule has 0 N–H and O–H groups in total. The quantitative estimate of drug-likeness (QED) is 0.728. The van der Waals surface area contributed by atoms with Crippen LogP contribution < -0.4 is 56.1 Å². The Labute approximate surface area is 142 Å². The van der Waals surface area contributed by atoms with Gasteiger partial charge in [0.1, 0.15) is 5.75 Å². The van der Waals surface area contributed by atoms with Crippen molar-refractivity contribution in [1.82, 2.24) is 0 Å². The summed E-state index contributed by atoms with van der Waals surface area (Å²) >= 11 is 0. The van der Waals surface area contributed by atoms with Crippen LogP contribution >= 0.6 is 0 Å². The number of hydrogen-bond donors (Lipinski definition) is 0. The van der Waals surface area contributed by atoms with Crippen LogP contribution in [0.3, 0.4) is 0 Å². The zero-order valence-corrected chi connectivity index (χ0v) is 13.4. The number of rotatable bonds is 4. The molecule has 0 amide bonds. The van der Waals surface area contributed by atoms with E-state index in [1.807, 2.05) is 19.1 Å². The summed E-state index contributed by atoms with van der Waals surface area (Å²) in [6, 6.07) is 5.41. The first-order valence-electron chi connectivity index (χ1n) is 4.88. The maximum atomic E-state index is 12.2. The van der Waals surface area contributed by atoms with Crippen LogP contribution in [-0.2, 0) is 0 Å². The van der Waals surface area contributed by atoms with E-state index in [9.17, 15) is 12.9 Å². The van der Waals surface area contributed by atoms with E-state index in [2.05, 4.69) is 6.58 Å². The van der Waals surface area contributed by atoms with Gasteiger partial charge in [-0.25, -0.2) is 0 Å². The van der Waals surface area contributed by atoms with Gasteiger partial charge < -0.3 is 17.7 Å². The predicted octanol–water partition coefficient (Wildman–Crippen LogP) is 0.629. The molecule has 0 unspecified atom stereocenters. The summed E-state index contributed by atoms with van der Waals surface area (Å²) < 4.78 is 41.7. The SMILES string of the molecule is C=C(COc1cc(C)ccc1C)[B-](F)(F)F.[K+]. The third-order valence-corrected chi connectivity index (χ3v) is 2.22. The van der Waals surface area contributed by atoms with E-state index in [0.717, 1.165) is 11.1 Å². The molecular weight excluding hydrogens is 255 g/mol. The molecule has 0 heterocycles. The van der Waals surface area contributed by atoms with Crippen molar-refractivity contribution in [3.63, 3.8) is 0 Å². The number of halogens is 3. The summed E-state index contributed by atoms with van der Waals surface area (Å²) in [6.07, 6.45) is 0. The molecule has 0 aliphatic rings. The van der Waals surface area contributed by atoms with Crippen LogP contribution in [0.4, 0.5) is 12.9 Å². The number of ether oxygens (including phenoxy) is 1. The minimum Gasteiger partial charge on any atom is -0.492 e. The molecule has 1 aromatic carbocycles. The van der Waals surface area contributed by atoms with E-state index < -0.39 is 19.1 Å². The van der Waals surface area contributed by atoms with Crippen molar-refractivity contribution in [2.24, 2.45) is 0 Å². The molecule has 0 spiro atoms. The van der Waals surface area contributed by atoms with Crippen LogP contribution in [0, 0.1) is 13.8 Å². The third-order valence-electron chi connectivity index (χ3n) is 2.22. The summed E-state index contributed by atoms with van der Waals surface area (Å²) in [5, 5.41) is 0. The Morgan fingerprint density at radius 3 is 2.41 bits per heavy atom. The van der Waals surface area contributed by atoms with E-state index >= 15 is 0 Å². The zero-order chi connectivity index (χ0) is 12.3. The topological polar surface area (TPSA) is 9.23 Å². The Morgan fingerprint density at radius 2 is 1.88 bits per heavy atom. The minimum atomic E-state index is -5.01. The molecule has 1 aromatic rings. The summed E-state index contributed by atoms with van der Waals surface area (Å²) in [4.78, 5) is 0. The number of aryl methyl sites for hydroxylation is 2. The predicted molar refractivity (Wildman–Crippen MR) is 59.6 cm³/mol. The average Bonchev–Trinajstić information content (AvgIpc) is 2.17. The van der Waals surface area contributed by atoms with Crippen LogP contribution in [0.15, 0.2) is 30.3 Å². The van der Waals surface area contributed by atoms with Gasteiger partial charge in [-0.15, -0.1) is 12.1 Å².